The zero-order valence-corrected chi connectivity index (χ0v) is 16.7. The number of rotatable bonds is 4. The van der Waals surface area contributed by atoms with E-state index in [4.69, 9.17) is 6.42 Å². The number of carbonyl (C=O) groups is 1. The molecule has 0 aliphatic heterocycles. The third-order valence-electron chi connectivity index (χ3n) is 3.97. The van der Waals surface area contributed by atoms with E-state index in [1.165, 1.54) is 50.5 Å². The Labute approximate surface area is 165 Å². The Morgan fingerprint density at radius 2 is 1.93 bits per heavy atom. The maximum Gasteiger partial charge on any atom is 0.279 e. The quantitative estimate of drug-likeness (QED) is 0.613. The fourth-order valence-electron chi connectivity index (χ4n) is 2.51. The van der Waals surface area contributed by atoms with Gasteiger partial charge in [0, 0.05) is 19.7 Å². The average molecular weight is 417 g/mol. The molecule has 0 spiro atoms. The number of aromatic nitrogens is 1. The molecule has 3 rings (SSSR count). The van der Waals surface area contributed by atoms with Crippen molar-refractivity contribution in [3.63, 3.8) is 0 Å². The molecule has 1 heterocycles. The van der Waals surface area contributed by atoms with Gasteiger partial charge < -0.3 is 4.57 Å². The van der Waals surface area contributed by atoms with Crippen LogP contribution < -0.4 is 4.80 Å². The van der Waals surface area contributed by atoms with E-state index in [0.29, 0.717) is 15.0 Å². The van der Waals surface area contributed by atoms with Crippen LogP contribution in [0.15, 0.2) is 52.4 Å². The van der Waals surface area contributed by atoms with E-state index in [9.17, 15) is 17.6 Å². The number of nitrogens with zero attached hydrogens (tertiary/aromatic N) is 3. The van der Waals surface area contributed by atoms with Crippen LogP contribution in [0.3, 0.4) is 0 Å². The van der Waals surface area contributed by atoms with Crippen molar-refractivity contribution in [2.45, 2.75) is 11.4 Å². The van der Waals surface area contributed by atoms with E-state index in [-0.39, 0.29) is 17.0 Å². The Bertz CT molecular complexity index is 1260. The van der Waals surface area contributed by atoms with E-state index < -0.39 is 21.7 Å². The van der Waals surface area contributed by atoms with E-state index in [2.05, 4.69) is 10.9 Å². The molecule has 28 heavy (non-hydrogen) atoms. The van der Waals surface area contributed by atoms with Crippen molar-refractivity contribution in [3.05, 3.63) is 58.6 Å². The maximum atomic E-state index is 13.5. The summed E-state index contributed by atoms with van der Waals surface area (Å²) in [5.74, 6) is 1.56. The molecule has 2 aromatic carbocycles. The number of carbonyl (C=O) groups excluding carboxylic acids is 1. The Morgan fingerprint density at radius 3 is 2.54 bits per heavy atom. The largest absolute Gasteiger partial charge is 0.305 e. The summed E-state index contributed by atoms with van der Waals surface area (Å²) in [6.45, 7) is 0.178. The van der Waals surface area contributed by atoms with Crippen molar-refractivity contribution in [2.24, 2.45) is 4.99 Å². The van der Waals surface area contributed by atoms with Crippen LogP contribution in [0, 0.1) is 18.2 Å². The maximum absolute atomic E-state index is 13.5. The van der Waals surface area contributed by atoms with Gasteiger partial charge in [-0.3, -0.25) is 4.79 Å². The number of thiazole rings is 1. The summed E-state index contributed by atoms with van der Waals surface area (Å²) in [4.78, 5) is 17.1. The van der Waals surface area contributed by atoms with Gasteiger partial charge in [-0.25, -0.2) is 17.1 Å². The van der Waals surface area contributed by atoms with Crippen molar-refractivity contribution < 1.29 is 17.6 Å². The van der Waals surface area contributed by atoms with E-state index in [1.807, 2.05) is 0 Å². The lowest BCUT2D eigenvalue weighted by atomic mass is 10.2. The summed E-state index contributed by atoms with van der Waals surface area (Å²) in [5.41, 5.74) is 0.914. The second-order valence-corrected chi connectivity index (χ2v) is 9.18. The Kier molecular flexibility index (Phi) is 5.47. The highest BCUT2D eigenvalue weighted by Crippen LogP contribution is 2.19. The minimum Gasteiger partial charge on any atom is -0.305 e. The van der Waals surface area contributed by atoms with Crippen molar-refractivity contribution in [1.82, 2.24) is 8.87 Å². The van der Waals surface area contributed by atoms with Crippen LogP contribution in [-0.4, -0.2) is 37.3 Å². The number of sulfonamides is 1. The fourth-order valence-corrected chi connectivity index (χ4v) is 4.46. The van der Waals surface area contributed by atoms with E-state index in [1.54, 1.807) is 10.6 Å². The summed E-state index contributed by atoms with van der Waals surface area (Å²) in [6.07, 6.45) is 5.41. The predicted molar refractivity (Wildman–Crippen MR) is 106 cm³/mol. The molecule has 9 heteroatoms. The molecule has 0 aliphatic carbocycles. The molecule has 0 fully saturated rings. The topological polar surface area (TPSA) is 71.7 Å². The smallest absolute Gasteiger partial charge is 0.279 e. The minimum absolute atomic E-state index is 0.0776. The average Bonchev–Trinajstić information content (AvgIpc) is 2.98. The van der Waals surface area contributed by atoms with Crippen LogP contribution in [0.25, 0.3) is 10.2 Å². The molecule has 0 unspecified atom stereocenters. The number of hydrogen-bond acceptors (Lipinski definition) is 4. The van der Waals surface area contributed by atoms with Gasteiger partial charge in [0.15, 0.2) is 4.80 Å². The first kappa shape index (κ1) is 19.9. The van der Waals surface area contributed by atoms with Crippen LogP contribution >= 0.6 is 11.3 Å². The normalized spacial score (nSPS) is 12.5. The van der Waals surface area contributed by atoms with Gasteiger partial charge in [0.1, 0.15) is 5.82 Å². The fraction of sp³-hybridized carbons (Fsp3) is 0.158. The van der Waals surface area contributed by atoms with Crippen molar-refractivity contribution in [1.29, 1.82) is 0 Å². The van der Waals surface area contributed by atoms with Gasteiger partial charge in [0.05, 0.1) is 21.7 Å². The van der Waals surface area contributed by atoms with Crippen LogP contribution in [0.1, 0.15) is 10.4 Å². The van der Waals surface area contributed by atoms with Gasteiger partial charge in [-0.2, -0.15) is 4.99 Å². The summed E-state index contributed by atoms with van der Waals surface area (Å²) in [6, 6.07) is 9.78. The molecule has 0 atom stereocenters. The molecule has 0 radical (unpaired) electrons. The molecule has 1 amide bonds. The molecule has 0 saturated carbocycles. The first-order valence-electron chi connectivity index (χ1n) is 8.08. The van der Waals surface area contributed by atoms with Gasteiger partial charge >= 0.3 is 0 Å². The molecule has 0 aliphatic rings. The van der Waals surface area contributed by atoms with E-state index >= 15 is 0 Å². The van der Waals surface area contributed by atoms with Gasteiger partial charge in [-0.05, 0) is 42.5 Å². The molecule has 0 saturated heterocycles. The third kappa shape index (κ3) is 3.75. The highest BCUT2D eigenvalue weighted by atomic mass is 32.2. The standard InChI is InChI=1S/C19H16FN3O3S2/c1-4-11-23-16-10-7-14(20)12-17(16)27-19(23)21-18(24)13-5-8-15(9-6-13)28(25,26)22(2)3/h1,5-10,12H,11H2,2-3H3. The highest BCUT2D eigenvalue weighted by Gasteiger charge is 2.17. The number of terminal acetylenes is 1. The van der Waals surface area contributed by atoms with Crippen LogP contribution in [-0.2, 0) is 16.6 Å². The summed E-state index contributed by atoms with van der Waals surface area (Å²) in [5, 5.41) is 0. The highest BCUT2D eigenvalue weighted by molar-refractivity contribution is 7.89. The number of benzene rings is 2. The lowest BCUT2D eigenvalue weighted by molar-refractivity contribution is 0.0998. The van der Waals surface area contributed by atoms with Gasteiger partial charge in [-0.1, -0.05) is 17.3 Å². The van der Waals surface area contributed by atoms with Gasteiger partial charge in [0.25, 0.3) is 5.91 Å². The third-order valence-corrected chi connectivity index (χ3v) is 6.84. The summed E-state index contributed by atoms with van der Waals surface area (Å²) >= 11 is 1.15. The first-order chi connectivity index (χ1) is 13.2. The van der Waals surface area contributed by atoms with Crippen LogP contribution in [0.4, 0.5) is 4.39 Å². The van der Waals surface area contributed by atoms with Crippen molar-refractivity contribution >= 4 is 37.5 Å². The molecule has 144 valence electrons. The molecule has 6 nitrogen and oxygen atoms in total. The minimum atomic E-state index is -3.58. The molecular formula is C19H16FN3O3S2. The molecule has 3 aromatic rings. The SMILES string of the molecule is C#CCn1c(=NC(=O)c2ccc(S(=O)(=O)N(C)C)cc2)sc2cc(F)ccc21. The molecule has 0 bridgehead atoms. The predicted octanol–water partition coefficient (Wildman–Crippen LogP) is 2.47. The number of amides is 1. The monoisotopic (exact) mass is 417 g/mol. The first-order valence-corrected chi connectivity index (χ1v) is 10.3. The van der Waals surface area contributed by atoms with Crippen molar-refractivity contribution in [2.75, 3.05) is 14.1 Å². The number of halogens is 1. The molecular weight excluding hydrogens is 401 g/mol. The van der Waals surface area contributed by atoms with Crippen molar-refractivity contribution in [3.8, 4) is 12.3 Å². The zero-order valence-electron chi connectivity index (χ0n) is 15.1. The summed E-state index contributed by atoms with van der Waals surface area (Å²) < 4.78 is 41.1. The van der Waals surface area contributed by atoms with E-state index in [0.717, 1.165) is 15.6 Å². The Morgan fingerprint density at radius 1 is 1.25 bits per heavy atom. The molecule has 0 N–H and O–H groups in total. The lowest BCUT2D eigenvalue weighted by Crippen LogP contribution is -2.22. The summed E-state index contributed by atoms with van der Waals surface area (Å²) in [7, 11) is -0.724. The van der Waals surface area contributed by atoms with Crippen LogP contribution in [0.5, 0.6) is 0 Å². The Hall–Kier alpha value is -2.80. The number of hydrogen-bond donors (Lipinski definition) is 0. The Balaban J connectivity index is 2.03. The second-order valence-electron chi connectivity index (χ2n) is 6.02. The lowest BCUT2D eigenvalue weighted by Gasteiger charge is -2.11. The van der Waals surface area contributed by atoms with Gasteiger partial charge in [-0.15, -0.1) is 6.42 Å². The zero-order chi connectivity index (χ0) is 20.5. The number of fused-ring (bicyclic) bond motifs is 1. The second kappa shape index (κ2) is 7.67. The molecule has 1 aromatic heterocycles. The van der Waals surface area contributed by atoms with Crippen LogP contribution in [0.2, 0.25) is 0 Å². The van der Waals surface area contributed by atoms with Gasteiger partial charge in [0.2, 0.25) is 10.0 Å².